The summed E-state index contributed by atoms with van der Waals surface area (Å²) in [6.07, 6.45) is 77.1. The van der Waals surface area contributed by atoms with Gasteiger partial charge in [0.05, 0.1) is 39.9 Å². The van der Waals surface area contributed by atoms with E-state index in [4.69, 9.17) is 9.05 Å². The van der Waals surface area contributed by atoms with Crippen molar-refractivity contribution in [1.82, 2.24) is 5.32 Å². The van der Waals surface area contributed by atoms with E-state index in [1.54, 1.807) is 0 Å². The number of likely N-dealkylation sites (N-methyl/N-ethyl adjacent to an activating group) is 1. The number of phosphoric acid groups is 1. The van der Waals surface area contributed by atoms with Crippen LogP contribution in [0, 0.1) is 0 Å². The first-order valence-corrected chi connectivity index (χ1v) is 32.8. The first-order valence-electron chi connectivity index (χ1n) is 31.3. The first kappa shape index (κ1) is 71.9. The quantitative estimate of drug-likeness (QED) is 0.0243. The number of hydrogen-bond donors (Lipinski definition) is 3. The second-order valence-electron chi connectivity index (χ2n) is 22.4. The summed E-state index contributed by atoms with van der Waals surface area (Å²) in [7, 11) is 1.62. The molecule has 0 fully saturated rings. The summed E-state index contributed by atoms with van der Waals surface area (Å²) in [6, 6.07) is -0.759. The van der Waals surface area contributed by atoms with E-state index in [-0.39, 0.29) is 19.1 Å². The number of amides is 1. The van der Waals surface area contributed by atoms with Crippen molar-refractivity contribution in [3.8, 4) is 0 Å². The third-order valence-electron chi connectivity index (χ3n) is 14.0. The SMILES string of the molecule is CC/C=C\C/C=C\C/C=C\C/C=C\C/C=C\C/C=C\CCCCCCCCCCCCCCCCCCCCCCCCC(=O)NC(COP(=O)(O)OCC[N+](C)(C)C)C(O)CCCCCCCCCCCCC. The van der Waals surface area contributed by atoms with Gasteiger partial charge in [-0.3, -0.25) is 13.8 Å². The molecule has 0 saturated heterocycles. The van der Waals surface area contributed by atoms with Gasteiger partial charge in [-0.05, 0) is 64.2 Å². The highest BCUT2D eigenvalue weighted by molar-refractivity contribution is 7.47. The van der Waals surface area contributed by atoms with Crippen LogP contribution >= 0.6 is 7.82 Å². The number of rotatable bonds is 57. The number of aliphatic hydroxyl groups excluding tert-OH is 1. The van der Waals surface area contributed by atoms with Gasteiger partial charge < -0.3 is 19.8 Å². The maximum atomic E-state index is 13.0. The van der Waals surface area contributed by atoms with Crippen molar-refractivity contribution in [2.24, 2.45) is 0 Å². The van der Waals surface area contributed by atoms with Crippen LogP contribution < -0.4 is 5.32 Å². The molecular weight excluding hydrogens is 936 g/mol. The molecule has 8 nitrogen and oxygen atoms in total. The van der Waals surface area contributed by atoms with Crippen molar-refractivity contribution in [3.05, 3.63) is 72.9 Å². The average molecular weight is 1060 g/mol. The molecule has 1 amide bonds. The fourth-order valence-corrected chi connectivity index (χ4v) is 9.85. The normalized spacial score (nSPS) is 14.3. The lowest BCUT2D eigenvalue weighted by molar-refractivity contribution is -0.870. The molecule has 74 heavy (non-hydrogen) atoms. The zero-order valence-corrected chi connectivity index (χ0v) is 50.2. The second-order valence-corrected chi connectivity index (χ2v) is 23.9. The lowest BCUT2D eigenvalue weighted by Crippen LogP contribution is -2.46. The lowest BCUT2D eigenvalue weighted by atomic mass is 10.0. The van der Waals surface area contributed by atoms with Gasteiger partial charge in [0, 0.05) is 6.42 Å². The van der Waals surface area contributed by atoms with E-state index in [1.165, 1.54) is 180 Å². The van der Waals surface area contributed by atoms with Crippen LogP contribution in [-0.4, -0.2) is 73.4 Å². The molecule has 0 bridgehead atoms. The Balaban J connectivity index is 3.84. The van der Waals surface area contributed by atoms with Crippen molar-refractivity contribution in [2.75, 3.05) is 40.9 Å². The molecule has 0 aromatic carbocycles. The second kappa shape index (κ2) is 55.7. The van der Waals surface area contributed by atoms with Crippen molar-refractivity contribution in [2.45, 2.75) is 296 Å². The van der Waals surface area contributed by atoms with Crippen molar-refractivity contribution >= 4 is 13.7 Å². The van der Waals surface area contributed by atoms with E-state index in [0.717, 1.165) is 77.0 Å². The van der Waals surface area contributed by atoms with E-state index >= 15 is 0 Å². The molecule has 3 atom stereocenters. The van der Waals surface area contributed by atoms with Gasteiger partial charge in [-0.15, -0.1) is 0 Å². The Morgan fingerprint density at radius 3 is 1.19 bits per heavy atom. The number of phosphoric ester groups is 1. The smallest absolute Gasteiger partial charge is 0.391 e. The Morgan fingerprint density at radius 1 is 0.473 bits per heavy atom. The number of nitrogens with one attached hydrogen (secondary N) is 1. The molecule has 0 rings (SSSR count). The molecule has 0 aliphatic heterocycles. The van der Waals surface area contributed by atoms with Crippen molar-refractivity contribution in [3.63, 3.8) is 0 Å². The van der Waals surface area contributed by atoms with Gasteiger partial charge in [-0.25, -0.2) is 4.57 Å². The van der Waals surface area contributed by atoms with Gasteiger partial charge in [0.15, 0.2) is 0 Å². The van der Waals surface area contributed by atoms with Gasteiger partial charge in [0.25, 0.3) is 0 Å². The Bertz CT molecular complexity index is 1430. The van der Waals surface area contributed by atoms with Gasteiger partial charge in [0.2, 0.25) is 5.91 Å². The molecule has 0 heterocycles. The molecule has 432 valence electrons. The molecule has 9 heteroatoms. The molecular formula is C65H122N2O6P+. The molecule has 0 aliphatic rings. The van der Waals surface area contributed by atoms with E-state index in [9.17, 15) is 19.4 Å². The summed E-state index contributed by atoms with van der Waals surface area (Å²) >= 11 is 0. The zero-order chi connectivity index (χ0) is 54.2. The van der Waals surface area contributed by atoms with Crippen molar-refractivity contribution in [1.29, 1.82) is 0 Å². The minimum Gasteiger partial charge on any atom is -0.391 e. The van der Waals surface area contributed by atoms with Crippen LogP contribution in [0.5, 0.6) is 0 Å². The number of carbonyl (C=O) groups is 1. The average Bonchev–Trinajstić information content (AvgIpc) is 3.36. The minimum atomic E-state index is -4.32. The predicted molar refractivity (Wildman–Crippen MR) is 323 cm³/mol. The highest BCUT2D eigenvalue weighted by atomic mass is 31.2. The summed E-state index contributed by atoms with van der Waals surface area (Å²) in [5.74, 6) is -0.143. The van der Waals surface area contributed by atoms with Crippen molar-refractivity contribution < 1.29 is 32.9 Å². The molecule has 0 aliphatic carbocycles. The Hall–Kier alpha value is -2.06. The molecule has 0 aromatic heterocycles. The number of hydrogen-bond acceptors (Lipinski definition) is 5. The highest BCUT2D eigenvalue weighted by Gasteiger charge is 2.28. The van der Waals surface area contributed by atoms with Crippen LogP contribution in [0.4, 0.5) is 0 Å². The van der Waals surface area contributed by atoms with E-state index in [1.807, 2.05) is 21.1 Å². The molecule has 0 radical (unpaired) electrons. The Morgan fingerprint density at radius 2 is 0.811 bits per heavy atom. The third kappa shape index (κ3) is 57.6. The van der Waals surface area contributed by atoms with Gasteiger partial charge in [-0.2, -0.15) is 0 Å². The molecule has 0 aromatic rings. The number of nitrogens with zero attached hydrogens (tertiary/aromatic N) is 1. The zero-order valence-electron chi connectivity index (χ0n) is 49.3. The summed E-state index contributed by atoms with van der Waals surface area (Å²) in [6.45, 7) is 4.78. The number of quaternary nitrogens is 1. The largest absolute Gasteiger partial charge is 0.472 e. The van der Waals surface area contributed by atoms with Gasteiger partial charge >= 0.3 is 7.82 Å². The maximum Gasteiger partial charge on any atom is 0.472 e. The number of allylic oxidation sites excluding steroid dienone is 12. The van der Waals surface area contributed by atoms with Crippen LogP contribution in [-0.2, 0) is 18.4 Å². The molecule has 0 saturated carbocycles. The molecule has 0 spiro atoms. The summed E-state index contributed by atoms with van der Waals surface area (Å²) in [4.78, 5) is 23.3. The summed E-state index contributed by atoms with van der Waals surface area (Å²) in [5, 5.41) is 14.0. The number of unbranched alkanes of at least 4 members (excludes halogenated alkanes) is 32. The standard InChI is InChI=1S/C65H121N2O6P/c1-6-8-10-12-14-16-18-19-20-21-22-23-24-25-26-27-28-29-30-31-32-33-34-35-36-37-38-39-40-41-42-43-44-45-46-47-49-51-53-55-57-59-65(69)66-63(62-73-74(70,71)72-61-60-67(3,4)5)64(68)58-56-54-52-50-48-17-15-13-11-9-7-2/h8,10,14,16,19-20,22-23,25-26,28-29,63-64,68H,6-7,9,11-13,15,17-18,21,24,27,30-62H2,1-5H3,(H-,66,69,70,71)/p+1/b10-8-,16-14-,20-19-,23-22-,26-25-,29-28-. The van der Waals surface area contributed by atoms with Crippen LogP contribution in [0.25, 0.3) is 0 Å². The fourth-order valence-electron chi connectivity index (χ4n) is 9.11. The van der Waals surface area contributed by atoms with Crippen LogP contribution in [0.2, 0.25) is 0 Å². The third-order valence-corrected chi connectivity index (χ3v) is 15.0. The summed E-state index contributed by atoms with van der Waals surface area (Å²) < 4.78 is 23.7. The Labute approximate surface area is 459 Å². The van der Waals surface area contributed by atoms with E-state index in [0.29, 0.717) is 23.9 Å². The minimum absolute atomic E-state index is 0.0750. The highest BCUT2D eigenvalue weighted by Crippen LogP contribution is 2.43. The number of aliphatic hydroxyl groups is 1. The van der Waals surface area contributed by atoms with E-state index < -0.39 is 20.0 Å². The Kier molecular flexibility index (Phi) is 54.1. The predicted octanol–water partition coefficient (Wildman–Crippen LogP) is 19.4. The van der Waals surface area contributed by atoms with E-state index in [2.05, 4.69) is 92.1 Å². The maximum absolute atomic E-state index is 13.0. The number of carbonyl (C=O) groups excluding carboxylic acids is 1. The lowest BCUT2D eigenvalue weighted by Gasteiger charge is -2.26. The van der Waals surface area contributed by atoms with Gasteiger partial charge in [0.1, 0.15) is 13.2 Å². The van der Waals surface area contributed by atoms with Crippen LogP contribution in [0.3, 0.4) is 0 Å². The molecule has 3 N–H and O–H groups in total. The van der Waals surface area contributed by atoms with Gasteiger partial charge in [-0.1, -0.05) is 286 Å². The monoisotopic (exact) mass is 1060 g/mol. The topological polar surface area (TPSA) is 105 Å². The summed E-state index contributed by atoms with van der Waals surface area (Å²) in [5.41, 5.74) is 0. The molecule has 3 unspecified atom stereocenters. The first-order chi connectivity index (χ1) is 36.0. The fraction of sp³-hybridized carbons (Fsp3) is 0.800. The van der Waals surface area contributed by atoms with Crippen LogP contribution in [0.15, 0.2) is 72.9 Å². The van der Waals surface area contributed by atoms with Crippen LogP contribution in [0.1, 0.15) is 284 Å².